The van der Waals surface area contributed by atoms with Gasteiger partial charge in [0, 0.05) is 23.2 Å². The maximum atomic E-state index is 12.3. The smallest absolute Gasteiger partial charge is 0.251 e. The molecule has 128 valence electrons. The fourth-order valence-electron chi connectivity index (χ4n) is 2.87. The van der Waals surface area contributed by atoms with E-state index in [1.807, 2.05) is 56.3 Å². The van der Waals surface area contributed by atoms with E-state index in [0.29, 0.717) is 12.1 Å². The summed E-state index contributed by atoms with van der Waals surface area (Å²) in [5.41, 5.74) is 4.46. The summed E-state index contributed by atoms with van der Waals surface area (Å²) in [7, 11) is 1.65. The normalized spacial score (nSPS) is 10.7. The fourth-order valence-corrected chi connectivity index (χ4v) is 2.87. The van der Waals surface area contributed by atoms with E-state index in [9.17, 15) is 4.79 Å². The Morgan fingerprint density at radius 2 is 2.00 bits per heavy atom. The van der Waals surface area contributed by atoms with Gasteiger partial charge in [-0.25, -0.2) is 4.98 Å². The third-order valence-electron chi connectivity index (χ3n) is 4.15. The Morgan fingerprint density at radius 1 is 1.16 bits per heavy atom. The molecular formula is C21H22N2O2. The first kappa shape index (κ1) is 17.0. The van der Waals surface area contributed by atoms with Crippen LogP contribution in [0.3, 0.4) is 0 Å². The SMILES string of the molecule is CCCNC(=O)c1cccc(-c2ccc(OC)c3nc(C)ccc23)c1. The average Bonchev–Trinajstić information content (AvgIpc) is 2.65. The van der Waals surface area contributed by atoms with Crippen LogP contribution >= 0.6 is 0 Å². The highest BCUT2D eigenvalue weighted by molar-refractivity contribution is 6.00. The predicted octanol–water partition coefficient (Wildman–Crippen LogP) is 4.36. The molecule has 1 heterocycles. The summed E-state index contributed by atoms with van der Waals surface area (Å²) in [5, 5.41) is 3.93. The lowest BCUT2D eigenvalue weighted by Crippen LogP contribution is -2.23. The molecule has 0 atom stereocenters. The molecule has 3 aromatic rings. The molecule has 4 heteroatoms. The number of pyridine rings is 1. The number of hydrogen-bond acceptors (Lipinski definition) is 3. The van der Waals surface area contributed by atoms with Crippen LogP contribution in [0.2, 0.25) is 0 Å². The Kier molecular flexibility index (Phi) is 4.98. The molecule has 0 saturated heterocycles. The minimum Gasteiger partial charge on any atom is -0.494 e. The van der Waals surface area contributed by atoms with Gasteiger partial charge in [0.05, 0.1) is 7.11 Å². The van der Waals surface area contributed by atoms with E-state index in [4.69, 9.17) is 4.74 Å². The Hall–Kier alpha value is -2.88. The van der Waals surface area contributed by atoms with E-state index < -0.39 is 0 Å². The second-order valence-corrected chi connectivity index (χ2v) is 6.00. The number of ether oxygens (including phenoxy) is 1. The summed E-state index contributed by atoms with van der Waals surface area (Å²) in [6.07, 6.45) is 0.916. The number of carbonyl (C=O) groups excluding carboxylic acids is 1. The van der Waals surface area contributed by atoms with Gasteiger partial charge in [0.15, 0.2) is 0 Å². The molecule has 1 aromatic heterocycles. The van der Waals surface area contributed by atoms with Gasteiger partial charge >= 0.3 is 0 Å². The van der Waals surface area contributed by atoms with Crippen LogP contribution in [0, 0.1) is 6.92 Å². The van der Waals surface area contributed by atoms with E-state index in [0.717, 1.165) is 39.9 Å². The van der Waals surface area contributed by atoms with Crippen LogP contribution in [-0.4, -0.2) is 24.5 Å². The number of fused-ring (bicyclic) bond motifs is 1. The van der Waals surface area contributed by atoms with Crippen molar-refractivity contribution < 1.29 is 9.53 Å². The molecule has 0 aliphatic rings. The Labute approximate surface area is 147 Å². The zero-order chi connectivity index (χ0) is 17.8. The van der Waals surface area contributed by atoms with Crippen molar-refractivity contribution in [3.8, 4) is 16.9 Å². The maximum Gasteiger partial charge on any atom is 0.251 e. The van der Waals surface area contributed by atoms with Crippen molar-refractivity contribution in [2.75, 3.05) is 13.7 Å². The van der Waals surface area contributed by atoms with Crippen LogP contribution in [0.1, 0.15) is 29.4 Å². The molecule has 1 amide bonds. The van der Waals surface area contributed by atoms with Gasteiger partial charge in [0.25, 0.3) is 5.91 Å². The molecule has 0 aliphatic carbocycles. The van der Waals surface area contributed by atoms with Gasteiger partial charge in [-0.05, 0) is 54.8 Å². The minimum absolute atomic E-state index is 0.0458. The lowest BCUT2D eigenvalue weighted by Gasteiger charge is -2.12. The van der Waals surface area contributed by atoms with Crippen LogP contribution < -0.4 is 10.1 Å². The van der Waals surface area contributed by atoms with Crippen molar-refractivity contribution in [3.05, 3.63) is 59.8 Å². The van der Waals surface area contributed by atoms with E-state index in [-0.39, 0.29) is 5.91 Å². The highest BCUT2D eigenvalue weighted by atomic mass is 16.5. The molecule has 1 N–H and O–H groups in total. The Morgan fingerprint density at radius 3 is 2.76 bits per heavy atom. The Balaban J connectivity index is 2.09. The first-order chi connectivity index (χ1) is 12.1. The summed E-state index contributed by atoms with van der Waals surface area (Å²) < 4.78 is 5.45. The van der Waals surface area contributed by atoms with Crippen molar-refractivity contribution >= 4 is 16.8 Å². The quantitative estimate of drug-likeness (QED) is 0.754. The molecule has 0 aliphatic heterocycles. The van der Waals surface area contributed by atoms with Gasteiger partial charge in [0.2, 0.25) is 0 Å². The number of methoxy groups -OCH3 is 1. The molecule has 0 saturated carbocycles. The second-order valence-electron chi connectivity index (χ2n) is 6.00. The molecule has 0 fully saturated rings. The summed E-state index contributed by atoms with van der Waals surface area (Å²) in [4.78, 5) is 16.9. The van der Waals surface area contributed by atoms with Crippen LogP contribution in [0.25, 0.3) is 22.0 Å². The standard InChI is InChI=1S/C21H22N2O2/c1-4-12-22-21(24)16-7-5-6-15(13-16)17-10-11-19(25-3)20-18(17)9-8-14(2)23-20/h5-11,13H,4,12H2,1-3H3,(H,22,24). The van der Waals surface area contributed by atoms with Gasteiger partial charge in [-0.1, -0.05) is 25.1 Å². The van der Waals surface area contributed by atoms with E-state index >= 15 is 0 Å². The summed E-state index contributed by atoms with van der Waals surface area (Å²) in [6.45, 7) is 4.68. The van der Waals surface area contributed by atoms with Crippen LogP contribution in [0.15, 0.2) is 48.5 Å². The maximum absolute atomic E-state index is 12.3. The summed E-state index contributed by atoms with van der Waals surface area (Å²) in [6, 6.07) is 15.7. The monoisotopic (exact) mass is 334 g/mol. The third kappa shape index (κ3) is 3.48. The second kappa shape index (κ2) is 7.34. The lowest BCUT2D eigenvalue weighted by molar-refractivity contribution is 0.0953. The number of benzene rings is 2. The van der Waals surface area contributed by atoms with Crippen molar-refractivity contribution in [2.45, 2.75) is 20.3 Å². The molecule has 3 rings (SSSR count). The van der Waals surface area contributed by atoms with Crippen LogP contribution in [0.5, 0.6) is 5.75 Å². The topological polar surface area (TPSA) is 51.2 Å². The largest absolute Gasteiger partial charge is 0.494 e. The Bertz CT molecular complexity index is 919. The van der Waals surface area contributed by atoms with Gasteiger partial charge < -0.3 is 10.1 Å². The van der Waals surface area contributed by atoms with Gasteiger partial charge in [-0.15, -0.1) is 0 Å². The predicted molar refractivity (Wildman–Crippen MR) is 101 cm³/mol. The lowest BCUT2D eigenvalue weighted by atomic mass is 9.98. The molecular weight excluding hydrogens is 312 g/mol. The molecule has 25 heavy (non-hydrogen) atoms. The minimum atomic E-state index is -0.0458. The van der Waals surface area contributed by atoms with E-state index in [2.05, 4.69) is 16.4 Å². The molecule has 2 aromatic carbocycles. The van der Waals surface area contributed by atoms with E-state index in [1.165, 1.54) is 0 Å². The van der Waals surface area contributed by atoms with Gasteiger partial charge in [0.1, 0.15) is 11.3 Å². The zero-order valence-electron chi connectivity index (χ0n) is 14.8. The summed E-state index contributed by atoms with van der Waals surface area (Å²) >= 11 is 0. The van der Waals surface area contributed by atoms with Crippen molar-refractivity contribution in [2.24, 2.45) is 0 Å². The van der Waals surface area contributed by atoms with Crippen molar-refractivity contribution in [1.82, 2.24) is 10.3 Å². The molecule has 4 nitrogen and oxygen atoms in total. The highest BCUT2D eigenvalue weighted by Gasteiger charge is 2.12. The number of aryl methyl sites for hydroxylation is 1. The van der Waals surface area contributed by atoms with Crippen LogP contribution in [-0.2, 0) is 0 Å². The number of nitrogens with zero attached hydrogens (tertiary/aromatic N) is 1. The number of amides is 1. The molecule has 0 bridgehead atoms. The number of hydrogen-bond donors (Lipinski definition) is 1. The highest BCUT2D eigenvalue weighted by Crippen LogP contribution is 2.33. The third-order valence-corrected chi connectivity index (χ3v) is 4.15. The molecule has 0 unspecified atom stereocenters. The molecule has 0 spiro atoms. The zero-order valence-corrected chi connectivity index (χ0v) is 14.8. The first-order valence-corrected chi connectivity index (χ1v) is 8.47. The van der Waals surface area contributed by atoms with Crippen molar-refractivity contribution in [1.29, 1.82) is 0 Å². The van der Waals surface area contributed by atoms with Crippen molar-refractivity contribution in [3.63, 3.8) is 0 Å². The van der Waals surface area contributed by atoms with Crippen LogP contribution in [0.4, 0.5) is 0 Å². The number of carbonyl (C=O) groups is 1. The van der Waals surface area contributed by atoms with E-state index in [1.54, 1.807) is 7.11 Å². The average molecular weight is 334 g/mol. The number of nitrogens with one attached hydrogen (secondary N) is 1. The molecule has 0 radical (unpaired) electrons. The van der Waals surface area contributed by atoms with Gasteiger partial charge in [-0.3, -0.25) is 4.79 Å². The first-order valence-electron chi connectivity index (χ1n) is 8.47. The number of aromatic nitrogens is 1. The fraction of sp³-hybridized carbons (Fsp3) is 0.238. The van der Waals surface area contributed by atoms with Gasteiger partial charge in [-0.2, -0.15) is 0 Å². The summed E-state index contributed by atoms with van der Waals surface area (Å²) in [5.74, 6) is 0.704. The number of rotatable bonds is 5.